The van der Waals surface area contributed by atoms with E-state index in [4.69, 9.17) is 0 Å². The molecule has 6 heteroatoms. The predicted octanol–water partition coefficient (Wildman–Crippen LogP) is 1.33. The fourth-order valence-corrected chi connectivity index (χ4v) is 4.38. The molecule has 0 spiro atoms. The van der Waals surface area contributed by atoms with Crippen molar-refractivity contribution in [2.45, 2.75) is 32.2 Å². The van der Waals surface area contributed by atoms with Crippen molar-refractivity contribution >= 4 is 11.8 Å². The number of fused-ring (bicyclic) bond motifs is 1. The molecule has 0 radical (unpaired) electrons. The van der Waals surface area contributed by atoms with Crippen molar-refractivity contribution in [3.8, 4) is 0 Å². The SMILES string of the molecule is O=C1[C@H]2CCCC[C@@H]2C(=O)N1CN1CCN(Cc2ccccn2)CC1. The van der Waals surface area contributed by atoms with Crippen molar-refractivity contribution in [3.05, 3.63) is 30.1 Å². The van der Waals surface area contributed by atoms with Crippen LogP contribution in [0, 0.1) is 11.8 Å². The number of hydrogen-bond donors (Lipinski definition) is 0. The van der Waals surface area contributed by atoms with Gasteiger partial charge in [0, 0.05) is 38.9 Å². The van der Waals surface area contributed by atoms with E-state index in [2.05, 4.69) is 20.9 Å². The fraction of sp³-hybridized carbons (Fsp3) is 0.632. The molecular weight excluding hydrogens is 316 g/mol. The Bertz CT molecular complexity index is 604. The van der Waals surface area contributed by atoms with Crippen LogP contribution in [0.1, 0.15) is 31.4 Å². The van der Waals surface area contributed by atoms with Crippen LogP contribution in [0.15, 0.2) is 24.4 Å². The van der Waals surface area contributed by atoms with Gasteiger partial charge < -0.3 is 0 Å². The molecular formula is C19H26N4O2. The van der Waals surface area contributed by atoms with Crippen LogP contribution >= 0.6 is 0 Å². The maximum Gasteiger partial charge on any atom is 0.234 e. The Labute approximate surface area is 148 Å². The van der Waals surface area contributed by atoms with Crippen LogP contribution in [0.2, 0.25) is 0 Å². The van der Waals surface area contributed by atoms with Gasteiger partial charge in [0.1, 0.15) is 0 Å². The summed E-state index contributed by atoms with van der Waals surface area (Å²) in [6.45, 7) is 5.00. The Morgan fingerprint density at radius 1 is 0.920 bits per heavy atom. The van der Waals surface area contributed by atoms with E-state index < -0.39 is 0 Å². The molecule has 25 heavy (non-hydrogen) atoms. The minimum absolute atomic E-state index is 0.0355. The van der Waals surface area contributed by atoms with Crippen LogP contribution in [0.3, 0.4) is 0 Å². The van der Waals surface area contributed by atoms with Gasteiger partial charge in [-0.3, -0.25) is 29.3 Å². The van der Waals surface area contributed by atoms with Gasteiger partial charge in [0.2, 0.25) is 11.8 Å². The van der Waals surface area contributed by atoms with E-state index in [1.807, 2.05) is 18.3 Å². The third-order valence-corrected chi connectivity index (χ3v) is 5.85. The number of amides is 2. The highest BCUT2D eigenvalue weighted by molar-refractivity contribution is 6.05. The Balaban J connectivity index is 1.30. The van der Waals surface area contributed by atoms with E-state index in [0.29, 0.717) is 6.67 Å². The Morgan fingerprint density at radius 3 is 2.16 bits per heavy atom. The zero-order valence-electron chi connectivity index (χ0n) is 14.6. The van der Waals surface area contributed by atoms with Crippen molar-refractivity contribution in [1.29, 1.82) is 0 Å². The van der Waals surface area contributed by atoms with Crippen molar-refractivity contribution < 1.29 is 9.59 Å². The summed E-state index contributed by atoms with van der Waals surface area (Å²) in [5.41, 5.74) is 1.09. The largest absolute Gasteiger partial charge is 0.295 e. The molecule has 134 valence electrons. The number of aromatic nitrogens is 1. The van der Waals surface area contributed by atoms with E-state index in [1.54, 1.807) is 0 Å². The lowest BCUT2D eigenvalue weighted by molar-refractivity contribution is -0.142. The standard InChI is InChI=1S/C19H26N4O2/c24-18-16-6-1-2-7-17(16)19(25)23(18)14-22-11-9-21(10-12-22)13-15-5-3-4-8-20-15/h3-5,8,16-17H,1-2,6-7,9-14H2/t16-,17-/m0/s1. The summed E-state index contributed by atoms with van der Waals surface area (Å²) in [6.07, 6.45) is 5.78. The van der Waals surface area contributed by atoms with E-state index in [-0.39, 0.29) is 23.7 Å². The lowest BCUT2D eigenvalue weighted by Crippen LogP contribution is -2.51. The first kappa shape index (κ1) is 16.7. The number of carbonyl (C=O) groups is 2. The highest BCUT2D eigenvalue weighted by Crippen LogP contribution is 2.38. The highest BCUT2D eigenvalue weighted by atomic mass is 16.2. The zero-order chi connectivity index (χ0) is 17.2. The van der Waals surface area contributed by atoms with Crippen LogP contribution in [-0.2, 0) is 16.1 Å². The summed E-state index contributed by atoms with van der Waals surface area (Å²) in [4.78, 5) is 35.7. The molecule has 0 N–H and O–H groups in total. The van der Waals surface area contributed by atoms with Gasteiger partial charge in [0.25, 0.3) is 0 Å². The summed E-state index contributed by atoms with van der Waals surface area (Å²) >= 11 is 0. The number of piperazine rings is 1. The maximum atomic E-state index is 12.6. The number of pyridine rings is 1. The summed E-state index contributed by atoms with van der Waals surface area (Å²) in [6, 6.07) is 6.00. The quantitative estimate of drug-likeness (QED) is 0.773. The van der Waals surface area contributed by atoms with Gasteiger partial charge in [-0.1, -0.05) is 18.9 Å². The third-order valence-electron chi connectivity index (χ3n) is 5.85. The molecule has 0 bridgehead atoms. The molecule has 1 aliphatic carbocycles. The van der Waals surface area contributed by atoms with Crippen molar-refractivity contribution in [1.82, 2.24) is 19.7 Å². The summed E-state index contributed by atoms with van der Waals surface area (Å²) in [5.74, 6) is 0.0784. The first-order valence-electron chi connectivity index (χ1n) is 9.42. The second-order valence-corrected chi connectivity index (χ2v) is 7.46. The molecule has 1 aromatic rings. The topological polar surface area (TPSA) is 56.8 Å². The molecule has 0 aromatic carbocycles. The fourth-order valence-electron chi connectivity index (χ4n) is 4.38. The van der Waals surface area contributed by atoms with Crippen molar-refractivity contribution in [2.24, 2.45) is 11.8 Å². The van der Waals surface area contributed by atoms with Gasteiger partial charge in [-0.05, 0) is 25.0 Å². The van der Waals surface area contributed by atoms with E-state index in [0.717, 1.165) is 64.1 Å². The van der Waals surface area contributed by atoms with Gasteiger partial charge in [-0.15, -0.1) is 0 Å². The number of rotatable bonds is 4. The highest BCUT2D eigenvalue weighted by Gasteiger charge is 2.48. The van der Waals surface area contributed by atoms with Gasteiger partial charge >= 0.3 is 0 Å². The van der Waals surface area contributed by atoms with Crippen LogP contribution in [0.4, 0.5) is 0 Å². The summed E-state index contributed by atoms with van der Waals surface area (Å²) in [7, 11) is 0. The normalized spacial score (nSPS) is 28.4. The van der Waals surface area contributed by atoms with Gasteiger partial charge in [-0.2, -0.15) is 0 Å². The zero-order valence-corrected chi connectivity index (χ0v) is 14.6. The van der Waals surface area contributed by atoms with Gasteiger partial charge in [-0.25, -0.2) is 0 Å². The molecule has 1 aromatic heterocycles. The smallest absolute Gasteiger partial charge is 0.234 e. The molecule has 6 nitrogen and oxygen atoms in total. The van der Waals surface area contributed by atoms with E-state index >= 15 is 0 Å². The van der Waals surface area contributed by atoms with Crippen molar-refractivity contribution in [3.63, 3.8) is 0 Å². The lowest BCUT2D eigenvalue weighted by atomic mass is 9.81. The average Bonchev–Trinajstić information content (AvgIpc) is 2.89. The van der Waals surface area contributed by atoms with E-state index in [9.17, 15) is 9.59 Å². The average molecular weight is 342 g/mol. The number of nitrogens with zero attached hydrogens (tertiary/aromatic N) is 4. The molecule has 3 fully saturated rings. The Hall–Kier alpha value is -1.79. The number of likely N-dealkylation sites (tertiary alicyclic amines) is 1. The summed E-state index contributed by atoms with van der Waals surface area (Å²) in [5, 5.41) is 0. The molecule has 2 atom stereocenters. The lowest BCUT2D eigenvalue weighted by Gasteiger charge is -2.36. The Morgan fingerprint density at radius 2 is 1.56 bits per heavy atom. The van der Waals surface area contributed by atoms with Crippen LogP contribution < -0.4 is 0 Å². The van der Waals surface area contributed by atoms with E-state index in [1.165, 1.54) is 4.90 Å². The predicted molar refractivity (Wildman–Crippen MR) is 93.3 cm³/mol. The Kier molecular flexibility index (Phi) is 4.81. The number of hydrogen-bond acceptors (Lipinski definition) is 5. The second-order valence-electron chi connectivity index (χ2n) is 7.46. The minimum Gasteiger partial charge on any atom is -0.295 e. The third kappa shape index (κ3) is 3.46. The second kappa shape index (κ2) is 7.22. The molecule has 3 heterocycles. The molecule has 2 aliphatic heterocycles. The maximum absolute atomic E-state index is 12.6. The molecule has 2 amide bonds. The first-order valence-corrected chi connectivity index (χ1v) is 9.42. The van der Waals surface area contributed by atoms with Gasteiger partial charge in [0.15, 0.2) is 0 Å². The van der Waals surface area contributed by atoms with Crippen LogP contribution in [0.25, 0.3) is 0 Å². The number of carbonyl (C=O) groups excluding carboxylic acids is 2. The molecule has 0 unspecified atom stereocenters. The van der Waals surface area contributed by atoms with Crippen LogP contribution in [-0.4, -0.2) is 64.3 Å². The molecule has 2 saturated heterocycles. The molecule has 1 saturated carbocycles. The molecule has 4 rings (SSSR count). The minimum atomic E-state index is -0.0355. The first-order chi connectivity index (χ1) is 12.2. The summed E-state index contributed by atoms with van der Waals surface area (Å²) < 4.78 is 0. The van der Waals surface area contributed by atoms with Gasteiger partial charge in [0.05, 0.1) is 24.2 Å². The molecule has 3 aliphatic rings. The van der Waals surface area contributed by atoms with Crippen LogP contribution in [0.5, 0.6) is 0 Å². The van der Waals surface area contributed by atoms with Crippen molar-refractivity contribution in [2.75, 3.05) is 32.8 Å². The number of imide groups is 1. The monoisotopic (exact) mass is 342 g/mol.